The van der Waals surface area contributed by atoms with Crippen molar-refractivity contribution < 1.29 is 9.53 Å². The molecule has 2 N–H and O–H groups in total. The number of fused-ring (bicyclic) bond motifs is 1. The van der Waals surface area contributed by atoms with E-state index in [2.05, 4.69) is 27.9 Å². The molecule has 2 aromatic heterocycles. The van der Waals surface area contributed by atoms with Gasteiger partial charge in [-0.1, -0.05) is 36.8 Å². The third-order valence-electron chi connectivity index (χ3n) is 5.21. The van der Waals surface area contributed by atoms with E-state index < -0.39 is 0 Å². The largest absolute Gasteiger partial charge is 0.462 e. The van der Waals surface area contributed by atoms with Gasteiger partial charge in [-0.25, -0.2) is 4.79 Å². The predicted molar refractivity (Wildman–Crippen MR) is 129 cm³/mol. The van der Waals surface area contributed by atoms with Gasteiger partial charge in [-0.05, 0) is 56.0 Å². The quantitative estimate of drug-likeness (QED) is 0.301. The summed E-state index contributed by atoms with van der Waals surface area (Å²) in [5, 5.41) is 12.0. The van der Waals surface area contributed by atoms with Crippen LogP contribution in [0.3, 0.4) is 0 Å². The zero-order valence-corrected chi connectivity index (χ0v) is 19.2. The number of rotatable bonds is 6. The first-order valence-electron chi connectivity index (χ1n) is 10.6. The molecule has 1 aliphatic carbocycles. The van der Waals surface area contributed by atoms with Gasteiger partial charge in [0.05, 0.1) is 30.6 Å². The lowest BCUT2D eigenvalue weighted by Gasteiger charge is -2.10. The number of hydrogen-bond acceptors (Lipinski definition) is 5. The summed E-state index contributed by atoms with van der Waals surface area (Å²) in [7, 11) is 0. The monoisotopic (exact) mass is 454 g/mol. The third kappa shape index (κ3) is 5.32. The molecule has 0 radical (unpaired) electrons. The molecular formula is C23H26N4O2S2. The van der Waals surface area contributed by atoms with Crippen LogP contribution in [0, 0.1) is 0 Å². The lowest BCUT2D eigenvalue weighted by molar-refractivity contribution is 0.0527. The third-order valence-corrected chi connectivity index (χ3v) is 6.62. The summed E-state index contributed by atoms with van der Waals surface area (Å²) in [5.74, 6) is -0.275. The predicted octanol–water partition coefficient (Wildman–Crippen LogP) is 5.25. The van der Waals surface area contributed by atoms with Gasteiger partial charge in [0.2, 0.25) is 0 Å². The van der Waals surface area contributed by atoms with Crippen molar-refractivity contribution in [3.05, 3.63) is 64.3 Å². The van der Waals surface area contributed by atoms with Crippen LogP contribution < -0.4 is 10.6 Å². The van der Waals surface area contributed by atoms with Crippen LogP contribution in [0.4, 0.5) is 10.7 Å². The number of hydrogen-bond donors (Lipinski definition) is 2. The number of thiocarbonyl (C=S) groups is 1. The molecule has 0 aliphatic heterocycles. The van der Waals surface area contributed by atoms with Crippen LogP contribution in [0.15, 0.2) is 42.7 Å². The smallest absolute Gasteiger partial charge is 0.341 e. The molecule has 1 aliphatic rings. The van der Waals surface area contributed by atoms with Crippen LogP contribution in [0.5, 0.6) is 0 Å². The van der Waals surface area contributed by atoms with Crippen LogP contribution >= 0.6 is 23.6 Å². The number of aryl methyl sites for hydroxylation is 1. The minimum Gasteiger partial charge on any atom is -0.462 e. The van der Waals surface area contributed by atoms with Gasteiger partial charge in [0.15, 0.2) is 5.11 Å². The number of anilines is 2. The average molecular weight is 455 g/mol. The fraction of sp³-hybridized carbons (Fsp3) is 0.348. The number of ether oxygens (including phenoxy) is 1. The molecule has 0 atom stereocenters. The maximum atomic E-state index is 12.7. The van der Waals surface area contributed by atoms with Crippen molar-refractivity contribution in [3.63, 3.8) is 0 Å². The van der Waals surface area contributed by atoms with Gasteiger partial charge in [-0.3, -0.25) is 4.68 Å². The maximum Gasteiger partial charge on any atom is 0.341 e. The molecule has 0 unspecified atom stereocenters. The molecule has 0 fully saturated rings. The molecular weight excluding hydrogens is 428 g/mol. The second-order valence-corrected chi connectivity index (χ2v) is 8.99. The Kier molecular flexibility index (Phi) is 6.99. The van der Waals surface area contributed by atoms with E-state index in [4.69, 9.17) is 17.0 Å². The van der Waals surface area contributed by atoms with Crippen molar-refractivity contribution >= 4 is 45.3 Å². The Bertz CT molecular complexity index is 1060. The Morgan fingerprint density at radius 1 is 1.19 bits per heavy atom. The van der Waals surface area contributed by atoms with Gasteiger partial charge < -0.3 is 15.4 Å². The van der Waals surface area contributed by atoms with E-state index in [0.717, 1.165) is 41.9 Å². The van der Waals surface area contributed by atoms with Crippen molar-refractivity contribution in [2.24, 2.45) is 0 Å². The normalized spacial score (nSPS) is 13.2. The van der Waals surface area contributed by atoms with Crippen LogP contribution in [-0.4, -0.2) is 27.5 Å². The molecule has 162 valence electrons. The molecule has 0 saturated heterocycles. The SMILES string of the molecule is CCOC(=O)c1c(NC(=S)Nc2cnn(Cc3ccccc3)c2)sc2c1CCCCC2. The van der Waals surface area contributed by atoms with Gasteiger partial charge in [0.1, 0.15) is 5.00 Å². The van der Waals surface area contributed by atoms with E-state index in [-0.39, 0.29) is 5.97 Å². The highest BCUT2D eigenvalue weighted by Gasteiger charge is 2.26. The highest BCUT2D eigenvalue weighted by atomic mass is 32.1. The van der Waals surface area contributed by atoms with Gasteiger partial charge in [0, 0.05) is 11.1 Å². The summed E-state index contributed by atoms with van der Waals surface area (Å²) < 4.78 is 7.20. The first-order valence-corrected chi connectivity index (χ1v) is 11.8. The van der Waals surface area contributed by atoms with E-state index in [1.54, 1.807) is 17.5 Å². The maximum absolute atomic E-state index is 12.7. The van der Waals surface area contributed by atoms with Gasteiger partial charge in [-0.15, -0.1) is 11.3 Å². The van der Waals surface area contributed by atoms with Crippen LogP contribution in [0.2, 0.25) is 0 Å². The molecule has 31 heavy (non-hydrogen) atoms. The highest BCUT2D eigenvalue weighted by Crippen LogP contribution is 2.38. The van der Waals surface area contributed by atoms with Gasteiger partial charge in [-0.2, -0.15) is 5.10 Å². The van der Waals surface area contributed by atoms with Crippen LogP contribution in [0.1, 0.15) is 52.5 Å². The van der Waals surface area contributed by atoms with Crippen molar-refractivity contribution in [2.75, 3.05) is 17.2 Å². The molecule has 2 heterocycles. The van der Waals surface area contributed by atoms with Gasteiger partial charge >= 0.3 is 5.97 Å². The van der Waals surface area contributed by atoms with Crippen molar-refractivity contribution in [3.8, 4) is 0 Å². The van der Waals surface area contributed by atoms with Crippen molar-refractivity contribution in [1.29, 1.82) is 0 Å². The lowest BCUT2D eigenvalue weighted by Crippen LogP contribution is -2.20. The molecule has 4 rings (SSSR count). The minimum absolute atomic E-state index is 0.275. The molecule has 0 spiro atoms. The fourth-order valence-electron chi connectivity index (χ4n) is 3.80. The number of thiophene rings is 1. The first-order chi connectivity index (χ1) is 15.1. The van der Waals surface area contributed by atoms with Crippen LogP contribution in [-0.2, 0) is 24.1 Å². The van der Waals surface area contributed by atoms with Crippen molar-refractivity contribution in [2.45, 2.75) is 45.6 Å². The van der Waals surface area contributed by atoms with E-state index in [0.29, 0.717) is 23.8 Å². The van der Waals surface area contributed by atoms with Gasteiger partial charge in [0.25, 0.3) is 0 Å². The number of nitrogens with one attached hydrogen (secondary N) is 2. The van der Waals surface area contributed by atoms with E-state index in [1.807, 2.05) is 36.0 Å². The second-order valence-electron chi connectivity index (χ2n) is 7.48. The van der Waals surface area contributed by atoms with E-state index >= 15 is 0 Å². The summed E-state index contributed by atoms with van der Waals surface area (Å²) in [5.41, 5.74) is 3.75. The molecule has 0 bridgehead atoms. The molecule has 0 amide bonds. The Hall–Kier alpha value is -2.71. The van der Waals surface area contributed by atoms with Crippen molar-refractivity contribution in [1.82, 2.24) is 9.78 Å². The number of carbonyl (C=O) groups excluding carboxylic acids is 1. The van der Waals surface area contributed by atoms with E-state index in [1.165, 1.54) is 16.9 Å². The first kappa shape index (κ1) is 21.5. The number of carbonyl (C=O) groups is 1. The summed E-state index contributed by atoms with van der Waals surface area (Å²) in [6, 6.07) is 10.2. The standard InChI is InChI=1S/C23H26N4O2S2/c1-2-29-22(28)20-18-11-7-4-8-12-19(18)31-21(20)26-23(30)25-17-13-24-27(15-17)14-16-9-5-3-6-10-16/h3,5-6,9-10,13,15H,2,4,7-8,11-12,14H2,1H3,(H2,25,26,30). The Labute approximate surface area is 191 Å². The fourth-order valence-corrected chi connectivity index (χ4v) is 5.37. The van der Waals surface area contributed by atoms with E-state index in [9.17, 15) is 4.79 Å². The Morgan fingerprint density at radius 2 is 2.00 bits per heavy atom. The number of nitrogens with zero attached hydrogens (tertiary/aromatic N) is 2. The molecule has 6 nitrogen and oxygen atoms in total. The summed E-state index contributed by atoms with van der Waals surface area (Å²) in [6.07, 6.45) is 9.01. The number of esters is 1. The lowest BCUT2D eigenvalue weighted by atomic mass is 10.1. The number of benzene rings is 1. The second kappa shape index (κ2) is 10.1. The summed E-state index contributed by atoms with van der Waals surface area (Å²) in [6.45, 7) is 2.87. The molecule has 8 heteroatoms. The summed E-state index contributed by atoms with van der Waals surface area (Å²) in [4.78, 5) is 14.0. The minimum atomic E-state index is -0.275. The number of aromatic nitrogens is 2. The zero-order chi connectivity index (χ0) is 21.6. The zero-order valence-electron chi connectivity index (χ0n) is 17.5. The Morgan fingerprint density at radius 3 is 2.81 bits per heavy atom. The molecule has 3 aromatic rings. The molecule has 1 aromatic carbocycles. The highest BCUT2D eigenvalue weighted by molar-refractivity contribution is 7.80. The summed E-state index contributed by atoms with van der Waals surface area (Å²) >= 11 is 7.15. The topological polar surface area (TPSA) is 68.2 Å². The van der Waals surface area contributed by atoms with Crippen LogP contribution in [0.25, 0.3) is 0 Å². The Balaban J connectivity index is 1.47. The molecule has 0 saturated carbocycles. The average Bonchev–Trinajstić information content (AvgIpc) is 3.25.